The minimum atomic E-state index is -0.810. The van der Waals surface area contributed by atoms with Crippen LogP contribution in [-0.4, -0.2) is 30.9 Å². The number of carbonyl (C=O) groups is 3. The highest BCUT2D eigenvalue weighted by Gasteiger charge is 2.36. The highest BCUT2D eigenvalue weighted by molar-refractivity contribution is 6.39. The highest BCUT2D eigenvalue weighted by atomic mass is 19.1. The number of nitrogens with zero attached hydrogens (tertiary/aromatic N) is 2. The van der Waals surface area contributed by atoms with E-state index < -0.39 is 23.7 Å². The van der Waals surface area contributed by atoms with Crippen LogP contribution < -0.4 is 15.1 Å². The van der Waals surface area contributed by atoms with Gasteiger partial charge in [-0.1, -0.05) is 18.2 Å². The molecule has 2 heterocycles. The van der Waals surface area contributed by atoms with Crippen molar-refractivity contribution in [1.29, 1.82) is 0 Å². The fourth-order valence-electron chi connectivity index (χ4n) is 3.66. The summed E-state index contributed by atoms with van der Waals surface area (Å²) in [6.45, 7) is 3.42. The number of urea groups is 1. The molecule has 0 saturated carbocycles. The maximum Gasteiger partial charge on any atom is 0.335 e. The van der Waals surface area contributed by atoms with Crippen molar-refractivity contribution < 1.29 is 18.8 Å². The van der Waals surface area contributed by atoms with Crippen LogP contribution in [0.25, 0.3) is 6.08 Å². The molecule has 0 spiro atoms. The van der Waals surface area contributed by atoms with E-state index in [4.69, 9.17) is 0 Å². The summed E-state index contributed by atoms with van der Waals surface area (Å²) in [5, 5.41) is 2.18. The number of nitrogens with one attached hydrogen (secondary N) is 1. The van der Waals surface area contributed by atoms with Gasteiger partial charge in [-0.05, 0) is 61.2 Å². The van der Waals surface area contributed by atoms with Crippen LogP contribution in [0.15, 0.2) is 48.0 Å². The number of imide groups is 2. The average Bonchev–Trinajstić information content (AvgIpc) is 3.22. The normalized spacial score (nSPS) is 18.6. The Hall–Kier alpha value is -3.48. The molecule has 7 heteroatoms. The van der Waals surface area contributed by atoms with Gasteiger partial charge in [0.1, 0.15) is 11.4 Å². The van der Waals surface area contributed by atoms with E-state index in [0.29, 0.717) is 16.9 Å². The number of aryl methyl sites for hydroxylation is 1. The molecule has 2 fully saturated rings. The smallest absolute Gasteiger partial charge is 0.335 e. The van der Waals surface area contributed by atoms with Gasteiger partial charge in [0.2, 0.25) is 0 Å². The van der Waals surface area contributed by atoms with Crippen LogP contribution in [0.5, 0.6) is 0 Å². The van der Waals surface area contributed by atoms with Crippen LogP contribution in [0.4, 0.5) is 20.6 Å². The molecule has 2 aromatic rings. The summed E-state index contributed by atoms with van der Waals surface area (Å²) in [4.78, 5) is 40.3. The Labute approximate surface area is 167 Å². The number of halogens is 1. The van der Waals surface area contributed by atoms with Crippen LogP contribution >= 0.6 is 0 Å². The SMILES string of the molecule is Cc1cc(N2CCCC2)c(F)cc1C=C1C(=O)NC(=O)N(c2ccccc2)C1=O. The molecule has 6 nitrogen and oxygen atoms in total. The summed E-state index contributed by atoms with van der Waals surface area (Å²) in [6, 6.07) is 10.6. The van der Waals surface area contributed by atoms with Gasteiger partial charge in [-0.25, -0.2) is 14.1 Å². The van der Waals surface area contributed by atoms with Crippen molar-refractivity contribution in [3.8, 4) is 0 Å². The van der Waals surface area contributed by atoms with Crippen LogP contribution in [0, 0.1) is 12.7 Å². The minimum absolute atomic E-state index is 0.218. The first-order valence-corrected chi connectivity index (χ1v) is 9.47. The Morgan fingerprint density at radius 3 is 2.41 bits per heavy atom. The van der Waals surface area contributed by atoms with Crippen molar-refractivity contribution in [2.75, 3.05) is 22.9 Å². The second-order valence-electron chi connectivity index (χ2n) is 7.15. The molecule has 0 unspecified atom stereocenters. The number of hydrogen-bond acceptors (Lipinski definition) is 4. The van der Waals surface area contributed by atoms with E-state index in [1.54, 1.807) is 43.3 Å². The highest BCUT2D eigenvalue weighted by Crippen LogP contribution is 2.29. The van der Waals surface area contributed by atoms with Gasteiger partial charge in [0, 0.05) is 13.1 Å². The van der Waals surface area contributed by atoms with Gasteiger partial charge in [0.15, 0.2) is 0 Å². The van der Waals surface area contributed by atoms with Crippen LogP contribution in [0.3, 0.4) is 0 Å². The van der Waals surface area contributed by atoms with Crippen molar-refractivity contribution >= 4 is 35.3 Å². The fourth-order valence-corrected chi connectivity index (χ4v) is 3.66. The van der Waals surface area contributed by atoms with Crippen LogP contribution in [0.1, 0.15) is 24.0 Å². The molecular weight excluding hydrogens is 373 g/mol. The summed E-state index contributed by atoms with van der Waals surface area (Å²) in [5.74, 6) is -1.94. The van der Waals surface area contributed by atoms with E-state index in [1.807, 2.05) is 4.90 Å². The molecule has 2 aliphatic heterocycles. The van der Waals surface area contributed by atoms with Gasteiger partial charge < -0.3 is 4.90 Å². The lowest BCUT2D eigenvalue weighted by Crippen LogP contribution is -2.54. The molecule has 0 bridgehead atoms. The van der Waals surface area contributed by atoms with E-state index >= 15 is 0 Å². The third-order valence-electron chi connectivity index (χ3n) is 5.20. The molecule has 0 radical (unpaired) electrons. The molecule has 0 aliphatic carbocycles. The zero-order valence-corrected chi connectivity index (χ0v) is 15.9. The summed E-state index contributed by atoms with van der Waals surface area (Å²) >= 11 is 0. The Morgan fingerprint density at radius 1 is 1.03 bits per heavy atom. The third kappa shape index (κ3) is 3.51. The first-order valence-electron chi connectivity index (χ1n) is 9.47. The van der Waals surface area contributed by atoms with Crippen molar-refractivity contribution in [2.45, 2.75) is 19.8 Å². The second kappa shape index (κ2) is 7.50. The van der Waals surface area contributed by atoms with Crippen LogP contribution in [0.2, 0.25) is 0 Å². The monoisotopic (exact) mass is 393 g/mol. The molecule has 2 saturated heterocycles. The number of barbiturate groups is 1. The Balaban J connectivity index is 1.71. The lowest BCUT2D eigenvalue weighted by Gasteiger charge is -2.26. The number of para-hydroxylation sites is 1. The minimum Gasteiger partial charge on any atom is -0.369 e. The summed E-state index contributed by atoms with van der Waals surface area (Å²) in [6.07, 6.45) is 3.40. The Morgan fingerprint density at radius 2 is 1.72 bits per heavy atom. The van der Waals surface area contributed by atoms with Gasteiger partial charge in [-0.2, -0.15) is 0 Å². The maximum atomic E-state index is 14.7. The molecule has 0 atom stereocenters. The van der Waals surface area contributed by atoms with Crippen LogP contribution in [-0.2, 0) is 9.59 Å². The van der Waals surface area contributed by atoms with E-state index in [1.165, 1.54) is 12.1 Å². The van der Waals surface area contributed by atoms with Gasteiger partial charge >= 0.3 is 6.03 Å². The second-order valence-corrected chi connectivity index (χ2v) is 7.15. The van der Waals surface area contributed by atoms with Crippen molar-refractivity contribution in [2.24, 2.45) is 0 Å². The number of rotatable bonds is 3. The van der Waals surface area contributed by atoms with E-state index in [9.17, 15) is 18.8 Å². The molecule has 2 aliphatic rings. The lowest BCUT2D eigenvalue weighted by molar-refractivity contribution is -0.122. The predicted octanol–water partition coefficient (Wildman–Crippen LogP) is 3.40. The molecule has 1 N–H and O–H groups in total. The van der Waals surface area contributed by atoms with Gasteiger partial charge in [-0.15, -0.1) is 0 Å². The molecule has 0 aromatic heterocycles. The summed E-state index contributed by atoms with van der Waals surface area (Å²) < 4.78 is 14.7. The van der Waals surface area contributed by atoms with Gasteiger partial charge in [0.25, 0.3) is 11.8 Å². The number of benzene rings is 2. The van der Waals surface area contributed by atoms with E-state index in [-0.39, 0.29) is 5.57 Å². The molecular formula is C22H20FN3O3. The third-order valence-corrected chi connectivity index (χ3v) is 5.20. The molecule has 29 heavy (non-hydrogen) atoms. The first kappa shape index (κ1) is 18.9. The van der Waals surface area contributed by atoms with Crippen molar-refractivity contribution in [3.63, 3.8) is 0 Å². The lowest BCUT2D eigenvalue weighted by atomic mass is 10.0. The molecule has 148 valence electrons. The molecule has 4 rings (SSSR count). The fraction of sp³-hybridized carbons (Fsp3) is 0.227. The standard InChI is InChI=1S/C22H20FN3O3/c1-14-11-19(25-9-5-6-10-25)18(23)13-15(14)12-17-20(27)24-22(29)26(21(17)28)16-7-3-2-4-8-16/h2-4,7-8,11-13H,5-6,9-10H2,1H3,(H,24,27,29). The summed E-state index contributed by atoms with van der Waals surface area (Å²) in [5.41, 5.74) is 1.82. The Bertz CT molecular complexity index is 1030. The molecule has 2 aromatic carbocycles. The average molecular weight is 393 g/mol. The largest absolute Gasteiger partial charge is 0.369 e. The molecule has 4 amide bonds. The first-order chi connectivity index (χ1) is 14.0. The topological polar surface area (TPSA) is 69.7 Å². The maximum absolute atomic E-state index is 14.7. The number of anilines is 2. The number of carbonyl (C=O) groups excluding carboxylic acids is 3. The number of hydrogen-bond donors (Lipinski definition) is 1. The Kier molecular flexibility index (Phi) is 4.88. The van der Waals surface area contributed by atoms with E-state index in [2.05, 4.69) is 5.32 Å². The zero-order valence-electron chi connectivity index (χ0n) is 15.9. The zero-order chi connectivity index (χ0) is 20.5. The summed E-state index contributed by atoms with van der Waals surface area (Å²) in [7, 11) is 0. The van der Waals surface area contributed by atoms with Gasteiger partial charge in [-0.3, -0.25) is 14.9 Å². The number of amides is 4. The van der Waals surface area contributed by atoms with Crippen molar-refractivity contribution in [1.82, 2.24) is 5.32 Å². The van der Waals surface area contributed by atoms with Crippen molar-refractivity contribution in [3.05, 3.63) is 65.0 Å². The van der Waals surface area contributed by atoms with Gasteiger partial charge in [0.05, 0.1) is 11.4 Å². The quantitative estimate of drug-likeness (QED) is 0.641. The van der Waals surface area contributed by atoms with E-state index in [0.717, 1.165) is 36.4 Å². The predicted molar refractivity (Wildman–Crippen MR) is 108 cm³/mol.